The zero-order valence-corrected chi connectivity index (χ0v) is 7.96. The van der Waals surface area contributed by atoms with Crippen molar-refractivity contribution < 1.29 is 0 Å². The second kappa shape index (κ2) is 5.05. The molecule has 0 N–H and O–H groups in total. The SMILES string of the molecule is CC.CC1(C)CN=CC=NC1. The first-order chi connectivity index (χ1) is 5.21. The molecule has 0 aromatic heterocycles. The second-order valence-corrected chi connectivity index (χ2v) is 3.14. The molecule has 0 bridgehead atoms. The Hall–Kier alpha value is -0.660. The van der Waals surface area contributed by atoms with E-state index in [9.17, 15) is 0 Å². The lowest BCUT2D eigenvalue weighted by Crippen LogP contribution is -2.18. The average molecular weight is 154 g/mol. The van der Waals surface area contributed by atoms with Crippen LogP contribution in [-0.2, 0) is 0 Å². The van der Waals surface area contributed by atoms with Crippen molar-refractivity contribution in [3.05, 3.63) is 0 Å². The second-order valence-electron chi connectivity index (χ2n) is 3.14. The smallest absolute Gasteiger partial charge is 0.0458 e. The first-order valence-electron chi connectivity index (χ1n) is 4.19. The minimum Gasteiger partial charge on any atom is -0.291 e. The van der Waals surface area contributed by atoms with E-state index in [-0.39, 0.29) is 5.41 Å². The Bertz CT molecular complexity index is 130. The van der Waals surface area contributed by atoms with Crippen LogP contribution in [0.1, 0.15) is 27.7 Å². The summed E-state index contributed by atoms with van der Waals surface area (Å²) >= 11 is 0. The summed E-state index contributed by atoms with van der Waals surface area (Å²) in [5, 5.41) is 0. The normalized spacial score (nSPS) is 20.0. The molecule has 0 aliphatic carbocycles. The molecule has 1 aliphatic rings. The Labute approximate surface area is 69.4 Å². The molecule has 0 spiro atoms. The summed E-state index contributed by atoms with van der Waals surface area (Å²) in [5.74, 6) is 0. The highest BCUT2D eigenvalue weighted by Crippen LogP contribution is 2.15. The van der Waals surface area contributed by atoms with Crippen LogP contribution in [0.3, 0.4) is 0 Å². The highest BCUT2D eigenvalue weighted by molar-refractivity contribution is 6.16. The van der Waals surface area contributed by atoms with Gasteiger partial charge in [0.05, 0.1) is 0 Å². The van der Waals surface area contributed by atoms with E-state index in [1.807, 2.05) is 13.8 Å². The molecule has 0 saturated carbocycles. The van der Waals surface area contributed by atoms with Crippen molar-refractivity contribution >= 4 is 12.4 Å². The topological polar surface area (TPSA) is 24.7 Å². The first-order valence-corrected chi connectivity index (χ1v) is 4.19. The quantitative estimate of drug-likeness (QED) is 0.511. The lowest BCUT2D eigenvalue weighted by molar-refractivity contribution is 0.398. The summed E-state index contributed by atoms with van der Waals surface area (Å²) < 4.78 is 0. The summed E-state index contributed by atoms with van der Waals surface area (Å²) in [6, 6.07) is 0. The van der Waals surface area contributed by atoms with Crippen molar-refractivity contribution in [2.45, 2.75) is 27.7 Å². The fourth-order valence-corrected chi connectivity index (χ4v) is 0.744. The molecule has 0 aromatic carbocycles. The molecular weight excluding hydrogens is 136 g/mol. The van der Waals surface area contributed by atoms with E-state index in [1.165, 1.54) is 0 Å². The minimum atomic E-state index is 0.267. The van der Waals surface area contributed by atoms with Gasteiger partial charge < -0.3 is 0 Å². The molecule has 2 nitrogen and oxygen atoms in total. The monoisotopic (exact) mass is 154 g/mol. The van der Waals surface area contributed by atoms with Crippen LogP contribution in [0.25, 0.3) is 0 Å². The largest absolute Gasteiger partial charge is 0.291 e. The van der Waals surface area contributed by atoms with Crippen LogP contribution in [-0.4, -0.2) is 25.5 Å². The number of rotatable bonds is 0. The lowest BCUT2D eigenvalue weighted by Gasteiger charge is -2.17. The van der Waals surface area contributed by atoms with Crippen molar-refractivity contribution in [2.75, 3.05) is 13.1 Å². The molecule has 0 fully saturated rings. The summed E-state index contributed by atoms with van der Waals surface area (Å²) in [6.07, 6.45) is 3.55. The van der Waals surface area contributed by atoms with Gasteiger partial charge in [-0.1, -0.05) is 27.7 Å². The third-order valence-electron chi connectivity index (χ3n) is 1.32. The van der Waals surface area contributed by atoms with Crippen LogP contribution in [0.2, 0.25) is 0 Å². The highest BCUT2D eigenvalue weighted by atomic mass is 14.8. The predicted molar refractivity (Wildman–Crippen MR) is 51.8 cm³/mol. The Morgan fingerprint density at radius 3 is 1.73 bits per heavy atom. The van der Waals surface area contributed by atoms with Gasteiger partial charge in [0.25, 0.3) is 0 Å². The van der Waals surface area contributed by atoms with Gasteiger partial charge in [-0.2, -0.15) is 0 Å². The Kier molecular flexibility index (Phi) is 4.75. The summed E-state index contributed by atoms with van der Waals surface area (Å²) in [4.78, 5) is 8.30. The fraction of sp³-hybridized carbons (Fsp3) is 0.778. The standard InChI is InChI=1S/C7H12N2.C2H6/c1-7(2)5-8-3-4-9-6-7;1-2/h3-4H,5-6H2,1-2H3;1-2H3. The molecule has 0 aromatic rings. The van der Waals surface area contributed by atoms with Gasteiger partial charge in [0.15, 0.2) is 0 Å². The molecular formula is C9H18N2. The molecule has 0 unspecified atom stereocenters. The average Bonchev–Trinajstić information content (AvgIpc) is 2.17. The van der Waals surface area contributed by atoms with Crippen LogP contribution < -0.4 is 0 Å². The van der Waals surface area contributed by atoms with E-state index in [4.69, 9.17) is 0 Å². The van der Waals surface area contributed by atoms with Crippen molar-refractivity contribution in [3.8, 4) is 0 Å². The van der Waals surface area contributed by atoms with E-state index in [0.717, 1.165) is 13.1 Å². The van der Waals surface area contributed by atoms with Crippen LogP contribution in [0.15, 0.2) is 9.98 Å². The Morgan fingerprint density at radius 2 is 1.36 bits per heavy atom. The van der Waals surface area contributed by atoms with Crippen LogP contribution in [0.5, 0.6) is 0 Å². The molecule has 0 atom stereocenters. The van der Waals surface area contributed by atoms with Gasteiger partial charge in [-0.3, -0.25) is 9.98 Å². The molecule has 1 rings (SSSR count). The predicted octanol–water partition coefficient (Wildman–Crippen LogP) is 2.19. The van der Waals surface area contributed by atoms with Crippen LogP contribution in [0.4, 0.5) is 0 Å². The first kappa shape index (κ1) is 10.3. The molecule has 1 aliphatic heterocycles. The van der Waals surface area contributed by atoms with Gasteiger partial charge in [-0.15, -0.1) is 0 Å². The van der Waals surface area contributed by atoms with Crippen LogP contribution >= 0.6 is 0 Å². The molecule has 0 amide bonds. The molecule has 2 heteroatoms. The molecule has 64 valence electrons. The third-order valence-corrected chi connectivity index (χ3v) is 1.32. The van der Waals surface area contributed by atoms with E-state index in [1.54, 1.807) is 12.4 Å². The van der Waals surface area contributed by atoms with Gasteiger partial charge in [-0.25, -0.2) is 0 Å². The number of hydrogen-bond donors (Lipinski definition) is 0. The molecule has 11 heavy (non-hydrogen) atoms. The minimum absolute atomic E-state index is 0.267. The van der Waals surface area contributed by atoms with E-state index in [0.29, 0.717) is 0 Å². The molecule has 1 heterocycles. The van der Waals surface area contributed by atoms with E-state index in [2.05, 4.69) is 23.8 Å². The van der Waals surface area contributed by atoms with Gasteiger partial charge in [0, 0.05) is 30.9 Å². The third kappa shape index (κ3) is 4.71. The molecule has 0 radical (unpaired) electrons. The number of aliphatic imine (C=N–C) groups is 2. The van der Waals surface area contributed by atoms with Gasteiger partial charge in [0.2, 0.25) is 0 Å². The van der Waals surface area contributed by atoms with Crippen molar-refractivity contribution in [2.24, 2.45) is 15.4 Å². The van der Waals surface area contributed by atoms with Crippen molar-refractivity contribution in [1.29, 1.82) is 0 Å². The lowest BCUT2D eigenvalue weighted by atomic mass is 9.94. The van der Waals surface area contributed by atoms with E-state index >= 15 is 0 Å². The number of hydrogen-bond acceptors (Lipinski definition) is 2. The zero-order chi connectivity index (χ0) is 8.74. The maximum absolute atomic E-state index is 4.15. The summed E-state index contributed by atoms with van der Waals surface area (Å²) in [6.45, 7) is 10.1. The zero-order valence-electron chi connectivity index (χ0n) is 7.96. The maximum Gasteiger partial charge on any atom is 0.0458 e. The Balaban J connectivity index is 0.000000461. The van der Waals surface area contributed by atoms with E-state index < -0.39 is 0 Å². The van der Waals surface area contributed by atoms with Gasteiger partial charge in [0.1, 0.15) is 0 Å². The Morgan fingerprint density at radius 1 is 1.00 bits per heavy atom. The van der Waals surface area contributed by atoms with Crippen molar-refractivity contribution in [3.63, 3.8) is 0 Å². The molecule has 0 saturated heterocycles. The van der Waals surface area contributed by atoms with Gasteiger partial charge in [-0.05, 0) is 0 Å². The van der Waals surface area contributed by atoms with Gasteiger partial charge >= 0.3 is 0 Å². The fourth-order valence-electron chi connectivity index (χ4n) is 0.744. The summed E-state index contributed by atoms with van der Waals surface area (Å²) in [7, 11) is 0. The summed E-state index contributed by atoms with van der Waals surface area (Å²) in [5.41, 5.74) is 0.267. The maximum atomic E-state index is 4.15. The van der Waals surface area contributed by atoms with Crippen molar-refractivity contribution in [1.82, 2.24) is 0 Å². The van der Waals surface area contributed by atoms with Crippen LogP contribution in [0, 0.1) is 5.41 Å². The highest BCUT2D eigenvalue weighted by Gasteiger charge is 2.16. The number of nitrogens with zero attached hydrogens (tertiary/aromatic N) is 2.